The van der Waals surface area contributed by atoms with Gasteiger partial charge in [0.2, 0.25) is 0 Å². The van der Waals surface area contributed by atoms with Crippen LogP contribution in [0.4, 0.5) is 0 Å². The number of ketones is 2. The number of Topliss-reactive ketones (excluding diaryl/α,β-unsaturated/α-hetero) is 2. The molecular weight excluding hydrogens is 1920 g/mol. The predicted octanol–water partition coefficient (Wildman–Crippen LogP) is 7.34. The second-order valence-electron chi connectivity index (χ2n) is 27.5. The molecule has 21 atom stereocenters. The Bertz CT molecular complexity index is 2710. The molecule has 2 aromatic carbocycles. The van der Waals surface area contributed by atoms with Crippen molar-refractivity contribution in [2.24, 2.45) is 74.9 Å². The third kappa shape index (κ3) is 12.6. The first-order valence-corrected chi connectivity index (χ1v) is 28.9. The first-order valence-electron chi connectivity index (χ1n) is 28.9. The van der Waals surface area contributed by atoms with Gasteiger partial charge in [0.05, 0.1) is 48.6 Å². The van der Waals surface area contributed by atoms with Gasteiger partial charge < -0.3 is 50.3 Å². The van der Waals surface area contributed by atoms with E-state index in [9.17, 15) is 55.4 Å². The van der Waals surface area contributed by atoms with E-state index in [1.54, 1.807) is 13.8 Å². The van der Waals surface area contributed by atoms with Gasteiger partial charge >= 0.3 is 5.97 Å². The van der Waals surface area contributed by atoms with E-state index in [2.05, 4.69) is 0 Å². The van der Waals surface area contributed by atoms with Gasteiger partial charge in [-0.15, -0.1) is 0 Å². The minimum atomic E-state index is -1.44. The summed E-state index contributed by atoms with van der Waals surface area (Å²) in [7, 11) is 0. The van der Waals surface area contributed by atoms with Crippen molar-refractivity contribution in [1.29, 1.82) is 0 Å². The van der Waals surface area contributed by atoms with Gasteiger partial charge in [-0.1, -0.05) is 149 Å². The number of hydrogen-bond donors (Lipinski definition) is 9. The predicted molar refractivity (Wildman–Crippen MR) is 296 cm³/mol. The third-order valence-corrected chi connectivity index (χ3v) is 23.0. The van der Waals surface area contributed by atoms with E-state index in [0.29, 0.717) is 42.4 Å². The SMILES string of the molecule is CC(Cc1ccccc1)C(=O)O.CC1=C2C(O)C(=O)[C@@]3(C)C(C(C)C(O)(CC1O)C2(C)C)[C@]1(O)COC1C[C@@H]3C.CC1=C2C(O)C(=O)[C@@]3(C)C(C(C)C(O)(CC1[C@H](OO)C(C)Cc1ccccc1)C2(C)C)[C@]1(O)COC1C[C@@H]3C.[Ac].[Ac].[Ac].[Ac]. The number of benzene rings is 2. The molecule has 15 nitrogen and oxygen atoms in total. The van der Waals surface area contributed by atoms with Gasteiger partial charge in [0, 0.05) is 222 Å². The Balaban J connectivity index is 0.000000294. The van der Waals surface area contributed by atoms with Gasteiger partial charge in [0.15, 0.2) is 11.6 Å². The summed E-state index contributed by atoms with van der Waals surface area (Å²) in [6.07, 6.45) is -2.54. The van der Waals surface area contributed by atoms with E-state index >= 15 is 0 Å². The van der Waals surface area contributed by atoms with Crippen molar-refractivity contribution in [1.82, 2.24) is 0 Å². The van der Waals surface area contributed by atoms with Crippen molar-refractivity contribution < 1.29 is 251 Å². The summed E-state index contributed by atoms with van der Waals surface area (Å²) in [4.78, 5) is 43.8. The molecule has 0 aromatic heterocycles. The molecule has 83 heavy (non-hydrogen) atoms. The zero-order valence-corrected chi connectivity index (χ0v) is 70.4. The maximum Gasteiger partial charge on any atom is 0.306 e. The van der Waals surface area contributed by atoms with Gasteiger partial charge in [-0.05, 0) is 103 Å². The Hall–Kier alpha value is 2.06. The Morgan fingerprint density at radius 1 is 0.614 bits per heavy atom. The summed E-state index contributed by atoms with van der Waals surface area (Å²) < 4.78 is 11.4. The topological polar surface area (TPSA) is 261 Å². The second kappa shape index (κ2) is 28.3. The Labute approximate surface area is 635 Å². The molecule has 0 amide bonds. The first kappa shape index (κ1) is 77.5. The minimum Gasteiger partial charge on any atom is -0.481 e. The van der Waals surface area contributed by atoms with Crippen LogP contribution in [-0.2, 0) is 41.6 Å². The number of ether oxygens (including phenoxy) is 2. The average molecular weight is 2010 g/mol. The van der Waals surface area contributed by atoms with Gasteiger partial charge in [-0.3, -0.25) is 19.6 Å². The molecular formula is C64H92Ac4O15. The number of rotatable bonds is 8. The van der Waals surface area contributed by atoms with Gasteiger partial charge in [0.25, 0.3) is 0 Å². The molecule has 14 unspecified atom stereocenters. The number of carbonyl (C=O) groups excluding carboxylic acids is 2. The van der Waals surface area contributed by atoms with Crippen LogP contribution in [0.2, 0.25) is 0 Å². The summed E-state index contributed by atoms with van der Waals surface area (Å²) in [6, 6.07) is 19.6. The summed E-state index contributed by atoms with van der Waals surface area (Å²) in [5, 5.41) is 101. The van der Waals surface area contributed by atoms with Gasteiger partial charge in [-0.2, -0.15) is 0 Å². The minimum absolute atomic E-state index is 0. The van der Waals surface area contributed by atoms with Crippen LogP contribution < -0.4 is 0 Å². The summed E-state index contributed by atoms with van der Waals surface area (Å²) in [5.74, 6) is -4.71. The van der Waals surface area contributed by atoms with Crippen molar-refractivity contribution in [3.8, 4) is 0 Å². The van der Waals surface area contributed by atoms with Gasteiger partial charge in [-0.25, -0.2) is 4.89 Å². The van der Waals surface area contributed by atoms with Crippen molar-refractivity contribution in [3.63, 3.8) is 0 Å². The normalized spacial score (nSPS) is 41.6. The van der Waals surface area contributed by atoms with E-state index in [4.69, 9.17) is 19.5 Å². The number of carboxylic acids is 1. The maximum absolute atomic E-state index is 14.4. The number of aliphatic hydroxyl groups is 7. The largest absolute Gasteiger partial charge is 0.481 e. The standard InChI is InChI=1S/C32H46O7.C22H34O6.C10H12O2.4Ac/c1-17(13-21-11-9-8-10-12-21)26(39-37)22-15-32(36)20(4)27-30(7,18(2)14-23-31(27,35)16-38-23)28(34)25(33)24(19(22)3)29(32,5)6;1-10-7-14-21(26,9-28-14)17-12(3)22(27)8-13(23)11(2)15(19(22,4)5)16(24)18(25)20(10,17)6;1-8(10(11)12)7-9-5-3-2-4-6-9;;;;/h8-12,17-18,20,22-23,25-27,33,35-37H,13-16H2,1-7H3;10,12-14,16-17,23-24,26-27H,7-9H2,1-6H3;2-6,8H,7H2,1H3,(H,11,12);;;;/t17?,18-,20?,22?,23?,25?,26+,27?,30+,31-,32?;10-,12?,13?,14?,16?,17?,20+,21-,22?;;;;;/m00...../s1. The first-order chi connectivity index (χ1) is 36.6. The summed E-state index contributed by atoms with van der Waals surface area (Å²) in [6.45, 7) is 26.5. The van der Waals surface area contributed by atoms with E-state index in [1.807, 2.05) is 144 Å². The molecule has 4 saturated carbocycles. The zero-order chi connectivity index (χ0) is 58.7. The molecule has 6 fully saturated rings. The maximum atomic E-state index is 14.4. The van der Waals surface area contributed by atoms with Crippen molar-refractivity contribution in [2.45, 2.75) is 194 Å². The molecule has 10 rings (SSSR count). The van der Waals surface area contributed by atoms with Crippen LogP contribution in [0.25, 0.3) is 0 Å². The monoisotopic (exact) mass is 2010 g/mol. The Kier molecular flexibility index (Phi) is 26.5. The van der Waals surface area contributed by atoms with Crippen LogP contribution in [0, 0.1) is 251 Å². The van der Waals surface area contributed by atoms with Crippen molar-refractivity contribution >= 4 is 17.5 Å². The van der Waals surface area contributed by atoms with E-state index in [-0.39, 0.29) is 244 Å². The fourth-order valence-electron chi connectivity index (χ4n) is 17.7. The summed E-state index contributed by atoms with van der Waals surface area (Å²) >= 11 is 0. The molecule has 4 bridgehead atoms. The van der Waals surface area contributed by atoms with E-state index in [0.717, 1.165) is 16.7 Å². The molecule has 8 aliphatic rings. The third-order valence-electron chi connectivity index (χ3n) is 23.0. The van der Waals surface area contributed by atoms with E-state index < -0.39 is 110 Å². The number of fused-ring (bicyclic) bond motifs is 10. The summed E-state index contributed by atoms with van der Waals surface area (Å²) in [5.41, 5.74) is -4.76. The number of hydrogen-bond acceptors (Lipinski definition) is 14. The van der Waals surface area contributed by atoms with E-state index in [1.165, 1.54) is 0 Å². The van der Waals surface area contributed by atoms with Crippen LogP contribution in [0.1, 0.15) is 134 Å². The smallest absolute Gasteiger partial charge is 0.306 e. The molecule has 2 saturated heterocycles. The zero-order valence-electron chi connectivity index (χ0n) is 51.4. The molecule has 450 valence electrons. The average Bonchev–Trinajstić information content (AvgIpc) is 3.38. The van der Waals surface area contributed by atoms with Crippen LogP contribution in [-0.4, -0.2) is 136 Å². The molecule has 2 aromatic rings. The molecule has 4 radical (unpaired) electrons. The quantitative estimate of drug-likeness (QED) is 0.0712. The van der Waals surface area contributed by atoms with Gasteiger partial charge in [0.1, 0.15) is 29.5 Å². The number of aliphatic carboxylic acids is 1. The van der Waals surface area contributed by atoms with Crippen LogP contribution in [0.15, 0.2) is 83.0 Å². The molecule has 2 heterocycles. The Morgan fingerprint density at radius 2 is 0.988 bits per heavy atom. The van der Waals surface area contributed by atoms with Crippen molar-refractivity contribution in [2.75, 3.05) is 13.2 Å². The molecule has 0 spiro atoms. The molecule has 2 aliphatic heterocycles. The fourth-order valence-corrected chi connectivity index (χ4v) is 17.7. The van der Waals surface area contributed by atoms with Crippen LogP contribution >= 0.6 is 0 Å². The molecule has 19 heteroatoms. The number of carboxylic acid groups (broad SMARTS) is 1. The Morgan fingerprint density at radius 3 is 1.35 bits per heavy atom. The molecule has 9 N–H and O–H groups in total. The number of carbonyl (C=O) groups is 3. The molecule has 6 aliphatic carbocycles. The van der Waals surface area contributed by atoms with Crippen molar-refractivity contribution in [3.05, 3.63) is 94.1 Å². The van der Waals surface area contributed by atoms with Crippen LogP contribution in [0.3, 0.4) is 0 Å². The fraction of sp³-hybridized carbons (Fsp3) is 0.703. The second-order valence-corrected chi connectivity index (χ2v) is 27.5. The van der Waals surface area contributed by atoms with Crippen LogP contribution in [0.5, 0.6) is 0 Å². The number of aliphatic hydroxyl groups excluding tert-OH is 3.